The largest absolute Gasteiger partial charge is 0.479 e. The van der Waals surface area contributed by atoms with Gasteiger partial charge in [-0.1, -0.05) is 35.5 Å². The summed E-state index contributed by atoms with van der Waals surface area (Å²) < 4.78 is 0. The second kappa shape index (κ2) is 7.26. The first-order valence-electron chi connectivity index (χ1n) is 6.87. The lowest BCUT2D eigenvalue weighted by Gasteiger charge is -2.13. The molecule has 0 saturated heterocycles. The van der Waals surface area contributed by atoms with Crippen molar-refractivity contribution in [1.82, 2.24) is 0 Å². The van der Waals surface area contributed by atoms with Crippen LogP contribution in [-0.4, -0.2) is 23.9 Å². The molecule has 2 aromatic rings. The quantitative estimate of drug-likeness (QED) is 0.632. The molecule has 22 heavy (non-hydrogen) atoms. The van der Waals surface area contributed by atoms with Crippen LogP contribution in [0.15, 0.2) is 47.6 Å². The molecule has 0 aliphatic carbocycles. The third kappa shape index (κ3) is 4.09. The summed E-state index contributed by atoms with van der Waals surface area (Å²) in [5.41, 5.74) is 5.09. The summed E-state index contributed by atoms with van der Waals surface area (Å²) in [6.45, 7) is 3.67. The van der Waals surface area contributed by atoms with Gasteiger partial charge < -0.3 is 15.3 Å². The summed E-state index contributed by atoms with van der Waals surface area (Å²) in [5.74, 6) is -1.06. The zero-order valence-electron chi connectivity index (χ0n) is 12.5. The third-order valence-electron chi connectivity index (χ3n) is 3.29. The van der Waals surface area contributed by atoms with Crippen molar-refractivity contribution >= 4 is 23.6 Å². The van der Waals surface area contributed by atoms with E-state index in [0.29, 0.717) is 0 Å². The number of hydrogen-bond donors (Lipinski definition) is 2. The first-order valence-corrected chi connectivity index (χ1v) is 6.87. The first-order chi connectivity index (χ1) is 10.6. The molecule has 114 valence electrons. The summed E-state index contributed by atoms with van der Waals surface area (Å²) in [6.07, 6.45) is 1.50. The molecule has 0 aliphatic heterocycles. The monoisotopic (exact) mass is 298 g/mol. The SMILES string of the molecule is Cc1cccc(Nc2ccccc2C=NOCC(=O)O)c1C. The number of aliphatic carboxylic acids is 1. The smallest absolute Gasteiger partial charge is 0.344 e. The number of benzene rings is 2. The lowest BCUT2D eigenvalue weighted by molar-refractivity contribution is -0.142. The standard InChI is InChI=1S/C17H18N2O3/c1-12-6-5-9-15(13(12)2)19-16-8-4-3-7-14(16)10-18-22-11-17(20)21/h3-10,19H,11H2,1-2H3,(H,20,21). The second-order valence-corrected chi connectivity index (χ2v) is 4.86. The number of nitrogens with one attached hydrogen (secondary N) is 1. The Morgan fingerprint density at radius 2 is 1.91 bits per heavy atom. The Morgan fingerprint density at radius 3 is 2.68 bits per heavy atom. The van der Waals surface area contributed by atoms with Crippen LogP contribution in [0.1, 0.15) is 16.7 Å². The zero-order valence-corrected chi connectivity index (χ0v) is 12.5. The molecular weight excluding hydrogens is 280 g/mol. The van der Waals surface area contributed by atoms with Gasteiger partial charge in [-0.3, -0.25) is 0 Å². The number of hydrogen-bond acceptors (Lipinski definition) is 4. The number of oxime groups is 1. The van der Waals surface area contributed by atoms with Crippen molar-refractivity contribution in [3.8, 4) is 0 Å². The molecule has 0 bridgehead atoms. The van der Waals surface area contributed by atoms with Crippen LogP contribution in [0.2, 0.25) is 0 Å². The highest BCUT2D eigenvalue weighted by Gasteiger charge is 2.04. The van der Waals surface area contributed by atoms with Crippen molar-refractivity contribution in [3.63, 3.8) is 0 Å². The fraction of sp³-hybridized carbons (Fsp3) is 0.176. The van der Waals surface area contributed by atoms with Gasteiger partial charge >= 0.3 is 5.97 Å². The number of carboxylic acid groups (broad SMARTS) is 1. The molecule has 2 aromatic carbocycles. The topological polar surface area (TPSA) is 70.9 Å². The fourth-order valence-electron chi connectivity index (χ4n) is 1.94. The zero-order chi connectivity index (χ0) is 15.9. The summed E-state index contributed by atoms with van der Waals surface area (Å²) >= 11 is 0. The molecule has 0 unspecified atom stereocenters. The minimum absolute atomic E-state index is 0.455. The molecule has 5 heteroatoms. The van der Waals surface area contributed by atoms with Crippen molar-refractivity contribution in [2.24, 2.45) is 5.16 Å². The average molecular weight is 298 g/mol. The predicted octanol–water partition coefficient (Wildman–Crippen LogP) is 3.48. The first kappa shape index (κ1) is 15.6. The second-order valence-electron chi connectivity index (χ2n) is 4.86. The van der Waals surface area contributed by atoms with E-state index in [9.17, 15) is 4.79 Å². The van der Waals surface area contributed by atoms with E-state index >= 15 is 0 Å². The Labute approximate surface area is 129 Å². The van der Waals surface area contributed by atoms with Gasteiger partial charge in [-0.25, -0.2) is 4.79 Å². The molecule has 0 saturated carbocycles. The van der Waals surface area contributed by atoms with E-state index in [1.165, 1.54) is 17.3 Å². The molecule has 5 nitrogen and oxygen atoms in total. The number of para-hydroxylation sites is 1. The van der Waals surface area contributed by atoms with E-state index in [2.05, 4.69) is 35.2 Å². The van der Waals surface area contributed by atoms with E-state index < -0.39 is 12.6 Å². The van der Waals surface area contributed by atoms with E-state index in [0.717, 1.165) is 16.9 Å². The number of aryl methyl sites for hydroxylation is 1. The number of nitrogens with zero attached hydrogens (tertiary/aromatic N) is 1. The van der Waals surface area contributed by atoms with Gasteiger partial charge in [-0.2, -0.15) is 0 Å². The molecule has 2 N–H and O–H groups in total. The number of anilines is 2. The third-order valence-corrected chi connectivity index (χ3v) is 3.29. The molecule has 0 fully saturated rings. The summed E-state index contributed by atoms with van der Waals surface area (Å²) in [7, 11) is 0. The maximum atomic E-state index is 10.4. The molecule has 2 rings (SSSR count). The molecular formula is C17H18N2O3. The molecule has 0 aliphatic rings. The molecule has 0 spiro atoms. The van der Waals surface area contributed by atoms with Crippen LogP contribution in [0, 0.1) is 13.8 Å². The van der Waals surface area contributed by atoms with E-state index in [4.69, 9.17) is 5.11 Å². The van der Waals surface area contributed by atoms with Crippen LogP contribution in [0.25, 0.3) is 0 Å². The summed E-state index contributed by atoms with van der Waals surface area (Å²) in [4.78, 5) is 15.1. The van der Waals surface area contributed by atoms with Crippen LogP contribution in [-0.2, 0) is 9.63 Å². The van der Waals surface area contributed by atoms with Gasteiger partial charge in [0.2, 0.25) is 6.61 Å². The van der Waals surface area contributed by atoms with Gasteiger partial charge in [-0.15, -0.1) is 0 Å². The predicted molar refractivity (Wildman–Crippen MR) is 86.8 cm³/mol. The minimum Gasteiger partial charge on any atom is -0.479 e. The van der Waals surface area contributed by atoms with Crippen molar-refractivity contribution in [3.05, 3.63) is 59.2 Å². The Bertz CT molecular complexity index is 696. The number of carbonyl (C=O) groups is 1. The van der Waals surface area contributed by atoms with Gasteiger partial charge in [-0.05, 0) is 37.1 Å². The van der Waals surface area contributed by atoms with Crippen molar-refractivity contribution < 1.29 is 14.7 Å². The minimum atomic E-state index is -1.06. The van der Waals surface area contributed by atoms with Crippen LogP contribution < -0.4 is 5.32 Å². The molecule has 0 heterocycles. The van der Waals surface area contributed by atoms with Crippen molar-refractivity contribution in [2.75, 3.05) is 11.9 Å². The lowest BCUT2D eigenvalue weighted by Crippen LogP contribution is -2.03. The van der Waals surface area contributed by atoms with Gasteiger partial charge in [0.1, 0.15) is 0 Å². The van der Waals surface area contributed by atoms with Crippen molar-refractivity contribution in [1.29, 1.82) is 0 Å². The molecule has 0 atom stereocenters. The van der Waals surface area contributed by atoms with Crippen LogP contribution in [0.4, 0.5) is 11.4 Å². The Hall–Kier alpha value is -2.82. The highest BCUT2D eigenvalue weighted by Crippen LogP contribution is 2.24. The summed E-state index contributed by atoms with van der Waals surface area (Å²) in [6, 6.07) is 13.7. The molecule has 0 aromatic heterocycles. The van der Waals surface area contributed by atoms with Gasteiger partial charge in [0.15, 0.2) is 0 Å². The lowest BCUT2D eigenvalue weighted by atomic mass is 10.1. The fourth-order valence-corrected chi connectivity index (χ4v) is 1.94. The highest BCUT2D eigenvalue weighted by molar-refractivity contribution is 5.89. The maximum Gasteiger partial charge on any atom is 0.344 e. The molecule has 0 radical (unpaired) electrons. The van der Waals surface area contributed by atoms with Crippen LogP contribution in [0.5, 0.6) is 0 Å². The van der Waals surface area contributed by atoms with Crippen LogP contribution in [0.3, 0.4) is 0 Å². The van der Waals surface area contributed by atoms with Crippen LogP contribution >= 0.6 is 0 Å². The van der Waals surface area contributed by atoms with Gasteiger partial charge in [0, 0.05) is 16.9 Å². The highest BCUT2D eigenvalue weighted by atomic mass is 16.6. The number of carboxylic acids is 1. The van der Waals surface area contributed by atoms with E-state index in [-0.39, 0.29) is 0 Å². The number of rotatable bonds is 6. The van der Waals surface area contributed by atoms with Gasteiger partial charge in [0.25, 0.3) is 0 Å². The van der Waals surface area contributed by atoms with Gasteiger partial charge in [0.05, 0.1) is 6.21 Å². The average Bonchev–Trinajstić information content (AvgIpc) is 2.49. The van der Waals surface area contributed by atoms with Crippen molar-refractivity contribution in [2.45, 2.75) is 13.8 Å². The Kier molecular flexibility index (Phi) is 5.14. The normalized spacial score (nSPS) is 10.6. The van der Waals surface area contributed by atoms with E-state index in [1.54, 1.807) is 0 Å². The van der Waals surface area contributed by atoms with E-state index in [1.807, 2.05) is 36.4 Å². The molecule has 0 amide bonds. The summed E-state index contributed by atoms with van der Waals surface area (Å²) in [5, 5.41) is 15.6. The Morgan fingerprint density at radius 1 is 1.18 bits per heavy atom. The maximum absolute atomic E-state index is 10.4. The Balaban J connectivity index is 2.18.